The molecule has 1 aromatic heterocycles. The first-order chi connectivity index (χ1) is 9.61. The lowest BCUT2D eigenvalue weighted by atomic mass is 10.1. The fraction of sp³-hybridized carbons (Fsp3) is 0.312. The molecule has 106 valence electrons. The van der Waals surface area contributed by atoms with Crippen LogP contribution in [0.3, 0.4) is 0 Å². The summed E-state index contributed by atoms with van der Waals surface area (Å²) < 4.78 is 5.79. The highest BCUT2D eigenvalue weighted by Crippen LogP contribution is 2.31. The lowest BCUT2D eigenvalue weighted by Gasteiger charge is -2.12. The maximum atomic E-state index is 6.27. The largest absolute Gasteiger partial charge is 0.475 e. The fourth-order valence-corrected chi connectivity index (χ4v) is 2.25. The van der Waals surface area contributed by atoms with E-state index in [2.05, 4.69) is 29.9 Å². The first kappa shape index (κ1) is 14.7. The van der Waals surface area contributed by atoms with Gasteiger partial charge in [0.2, 0.25) is 5.88 Å². The van der Waals surface area contributed by atoms with Gasteiger partial charge in [-0.05, 0) is 30.9 Å². The summed E-state index contributed by atoms with van der Waals surface area (Å²) in [4.78, 5) is 4.54. The van der Waals surface area contributed by atoms with Crippen molar-refractivity contribution < 1.29 is 4.74 Å². The number of ether oxygens (including phenoxy) is 1. The Labute approximate surface area is 124 Å². The highest BCUT2D eigenvalue weighted by molar-refractivity contribution is 6.36. The highest BCUT2D eigenvalue weighted by Gasteiger charge is 2.10. The van der Waals surface area contributed by atoms with E-state index in [1.54, 1.807) is 0 Å². The summed E-state index contributed by atoms with van der Waals surface area (Å²) in [6, 6.07) is 7.88. The average Bonchev–Trinajstić information content (AvgIpc) is 2.43. The van der Waals surface area contributed by atoms with Crippen molar-refractivity contribution >= 4 is 22.4 Å². The zero-order chi connectivity index (χ0) is 14.5. The fourth-order valence-electron chi connectivity index (χ4n) is 1.98. The van der Waals surface area contributed by atoms with Gasteiger partial charge in [0.15, 0.2) is 0 Å². The number of nitrogens with one attached hydrogen (secondary N) is 1. The van der Waals surface area contributed by atoms with Crippen molar-refractivity contribution in [1.82, 2.24) is 10.3 Å². The molecule has 20 heavy (non-hydrogen) atoms. The number of rotatable bonds is 6. The van der Waals surface area contributed by atoms with Crippen LogP contribution in [0.1, 0.15) is 19.5 Å². The number of pyridine rings is 1. The number of allylic oxidation sites excluding steroid dienone is 1. The summed E-state index contributed by atoms with van der Waals surface area (Å²) in [5, 5.41) is 5.73. The Morgan fingerprint density at radius 2 is 2.25 bits per heavy atom. The minimum Gasteiger partial charge on any atom is -0.475 e. The van der Waals surface area contributed by atoms with Crippen LogP contribution in [-0.2, 0) is 6.42 Å². The molecular weight excluding hydrogens is 272 g/mol. The molecule has 0 aliphatic carbocycles. The molecule has 0 fully saturated rings. The van der Waals surface area contributed by atoms with Crippen molar-refractivity contribution in [3.05, 3.63) is 47.3 Å². The molecule has 3 nitrogen and oxygen atoms in total. The Kier molecular flexibility index (Phi) is 4.85. The molecule has 1 N–H and O–H groups in total. The Balaban J connectivity index is 2.27. The van der Waals surface area contributed by atoms with Gasteiger partial charge >= 0.3 is 0 Å². The average molecular weight is 291 g/mol. The van der Waals surface area contributed by atoms with Gasteiger partial charge in [0, 0.05) is 17.9 Å². The van der Waals surface area contributed by atoms with Gasteiger partial charge in [0.1, 0.15) is 6.61 Å². The monoisotopic (exact) mass is 290 g/mol. The number of fused-ring (bicyclic) bond motifs is 1. The topological polar surface area (TPSA) is 34.1 Å². The van der Waals surface area contributed by atoms with Crippen LogP contribution < -0.4 is 10.1 Å². The Bertz CT molecular complexity index is 625. The molecule has 1 aromatic carbocycles. The molecule has 2 aromatic rings. The minimum atomic E-state index is 0.521. The zero-order valence-electron chi connectivity index (χ0n) is 11.9. The lowest BCUT2D eigenvalue weighted by molar-refractivity contribution is 0.310. The Morgan fingerprint density at radius 3 is 2.95 bits per heavy atom. The van der Waals surface area contributed by atoms with Crippen LogP contribution in [0.5, 0.6) is 5.88 Å². The predicted molar refractivity (Wildman–Crippen MR) is 84.4 cm³/mol. The number of aromatic nitrogens is 1. The predicted octanol–water partition coefficient (Wildman–Crippen LogP) is 3.95. The van der Waals surface area contributed by atoms with E-state index in [4.69, 9.17) is 16.3 Å². The number of aryl methyl sites for hydroxylation is 1. The van der Waals surface area contributed by atoms with Crippen molar-refractivity contribution in [2.75, 3.05) is 13.2 Å². The van der Waals surface area contributed by atoms with Crippen LogP contribution in [0.2, 0.25) is 5.02 Å². The standard InChI is InChI=1S/C16H19ClN2O/c1-4-13-10-12-6-5-7-14(17)15(12)16(19-13)20-9-8-18-11(2)3/h5-7,10,18H,2,4,8-9H2,1,3H3. The number of nitrogens with zero attached hydrogens (tertiary/aromatic N) is 1. The van der Waals surface area contributed by atoms with Crippen LogP contribution in [0.25, 0.3) is 10.8 Å². The number of benzene rings is 1. The zero-order valence-corrected chi connectivity index (χ0v) is 12.6. The third-order valence-electron chi connectivity index (χ3n) is 2.96. The number of hydrogen-bond acceptors (Lipinski definition) is 3. The molecule has 0 saturated heterocycles. The highest BCUT2D eigenvalue weighted by atomic mass is 35.5. The van der Waals surface area contributed by atoms with Gasteiger partial charge in [0.05, 0.1) is 10.4 Å². The quantitative estimate of drug-likeness (QED) is 0.818. The number of halogens is 1. The molecule has 2 rings (SSSR count). The van der Waals surface area contributed by atoms with Gasteiger partial charge in [-0.1, -0.05) is 37.2 Å². The summed E-state index contributed by atoms with van der Waals surface area (Å²) in [7, 11) is 0. The van der Waals surface area contributed by atoms with E-state index in [1.165, 1.54) is 0 Å². The molecule has 0 atom stereocenters. The number of hydrogen-bond donors (Lipinski definition) is 1. The van der Waals surface area contributed by atoms with E-state index in [9.17, 15) is 0 Å². The second-order valence-corrected chi connectivity index (χ2v) is 5.07. The normalized spacial score (nSPS) is 10.6. The van der Waals surface area contributed by atoms with Gasteiger partial charge in [-0.25, -0.2) is 4.98 Å². The van der Waals surface area contributed by atoms with Crippen LogP contribution >= 0.6 is 11.6 Å². The van der Waals surface area contributed by atoms with Gasteiger partial charge < -0.3 is 10.1 Å². The molecule has 0 unspecified atom stereocenters. The van der Waals surface area contributed by atoms with Crippen LogP contribution in [0.4, 0.5) is 0 Å². The molecule has 0 aliphatic heterocycles. The Morgan fingerprint density at radius 1 is 1.45 bits per heavy atom. The second-order valence-electron chi connectivity index (χ2n) is 4.67. The molecule has 0 amide bonds. The van der Waals surface area contributed by atoms with Crippen molar-refractivity contribution in [3.63, 3.8) is 0 Å². The van der Waals surface area contributed by atoms with Gasteiger partial charge in [-0.15, -0.1) is 0 Å². The summed E-state index contributed by atoms with van der Waals surface area (Å²) in [5.41, 5.74) is 1.93. The summed E-state index contributed by atoms with van der Waals surface area (Å²) in [5.74, 6) is 0.605. The molecule has 0 aliphatic rings. The van der Waals surface area contributed by atoms with E-state index in [0.717, 1.165) is 28.6 Å². The van der Waals surface area contributed by atoms with Gasteiger partial charge in [-0.3, -0.25) is 0 Å². The van der Waals surface area contributed by atoms with Crippen LogP contribution in [-0.4, -0.2) is 18.1 Å². The van der Waals surface area contributed by atoms with E-state index in [1.807, 2.05) is 25.1 Å². The maximum Gasteiger partial charge on any atom is 0.223 e. The maximum absolute atomic E-state index is 6.27. The Hall–Kier alpha value is -1.74. The third-order valence-corrected chi connectivity index (χ3v) is 3.27. The molecule has 0 radical (unpaired) electrons. The summed E-state index contributed by atoms with van der Waals surface area (Å²) >= 11 is 6.27. The van der Waals surface area contributed by atoms with Crippen LogP contribution in [0.15, 0.2) is 36.5 Å². The minimum absolute atomic E-state index is 0.521. The molecule has 0 bridgehead atoms. The second kappa shape index (κ2) is 6.62. The molecule has 4 heteroatoms. The molecule has 0 saturated carbocycles. The first-order valence-corrected chi connectivity index (χ1v) is 7.10. The van der Waals surface area contributed by atoms with Crippen molar-refractivity contribution in [3.8, 4) is 5.88 Å². The van der Waals surface area contributed by atoms with E-state index < -0.39 is 0 Å². The molecule has 1 heterocycles. The van der Waals surface area contributed by atoms with Gasteiger partial charge in [-0.2, -0.15) is 0 Å². The van der Waals surface area contributed by atoms with Gasteiger partial charge in [0.25, 0.3) is 0 Å². The molecule has 0 spiro atoms. The lowest BCUT2D eigenvalue weighted by Crippen LogP contribution is -2.19. The third kappa shape index (κ3) is 3.42. The van der Waals surface area contributed by atoms with E-state index >= 15 is 0 Å². The van der Waals surface area contributed by atoms with Crippen LogP contribution in [0, 0.1) is 0 Å². The summed E-state index contributed by atoms with van der Waals surface area (Å²) in [6.07, 6.45) is 0.864. The van der Waals surface area contributed by atoms with E-state index in [0.29, 0.717) is 24.1 Å². The SMILES string of the molecule is C=C(C)NCCOc1nc(CC)cc2cccc(Cl)c12. The first-order valence-electron chi connectivity index (χ1n) is 6.72. The smallest absolute Gasteiger partial charge is 0.223 e. The summed E-state index contributed by atoms with van der Waals surface area (Å²) in [6.45, 7) is 9.00. The molecular formula is C16H19ClN2O. The van der Waals surface area contributed by atoms with Crippen molar-refractivity contribution in [1.29, 1.82) is 0 Å². The van der Waals surface area contributed by atoms with E-state index in [-0.39, 0.29) is 0 Å². The van der Waals surface area contributed by atoms with Crippen molar-refractivity contribution in [2.45, 2.75) is 20.3 Å². The van der Waals surface area contributed by atoms with Crippen molar-refractivity contribution in [2.24, 2.45) is 0 Å².